The van der Waals surface area contributed by atoms with Gasteiger partial charge in [-0.1, -0.05) is 137 Å². The van der Waals surface area contributed by atoms with Crippen LogP contribution in [0.25, 0.3) is 88.4 Å². The molecule has 0 atom stereocenters. The van der Waals surface area contributed by atoms with E-state index in [-0.39, 0.29) is 274 Å². The van der Waals surface area contributed by atoms with Crippen LogP contribution in [0, 0.1) is 0 Å². The molecule has 9 aromatic carbocycles. The molecular formula is C55HB35O2. The van der Waals surface area contributed by atoms with E-state index in [4.69, 9.17) is 283 Å². The van der Waals surface area contributed by atoms with Crippen molar-refractivity contribution in [1.82, 2.24) is 0 Å². The van der Waals surface area contributed by atoms with Gasteiger partial charge in [0, 0.05) is 33.0 Å². The molecule has 2 nitrogen and oxygen atoms in total. The average molecular weight is 1070 g/mol. The highest BCUT2D eigenvalue weighted by atomic mass is 16.3. The molecule has 0 amide bonds. The van der Waals surface area contributed by atoms with Crippen molar-refractivity contribution in [3.05, 3.63) is 16.7 Å². The quantitative estimate of drug-likeness (QED) is 0.117. The van der Waals surface area contributed by atoms with E-state index in [2.05, 4.69) is 0 Å². The second-order valence-corrected chi connectivity index (χ2v) is 22.2. The third kappa shape index (κ3) is 9.19. The molecule has 0 aliphatic heterocycles. The standard InChI is InChI=1S/C55HB35O2/c56-17-4(18(57)24(63)8(23(17)62)10-32(71)42(81)48(87)43(82)33(10)72)1(5-19(58)25(64)9(26(65)20(5)59)11-34(73)44(83)49(88)45(84)35(11)74)6-21(60)27(66)12(28(67)22(6)61)13-29(68)36(75)15-16-39(78)53-3(14-37(76)46(85)50(89)51(90)55(14)92-53)2(52(16)91-54(15)38(13)77)7-30(69)40(79)47(86)41(80)31(7)70/h1H. The first kappa shape index (κ1) is 68.2. The molecule has 0 aliphatic rings. The smallest absolute Gasteiger partial charge is 0.143 e. The van der Waals surface area contributed by atoms with Crippen molar-refractivity contribution in [3.63, 3.8) is 0 Å². The summed E-state index contributed by atoms with van der Waals surface area (Å²) in [7, 11) is 237. The highest BCUT2D eigenvalue weighted by molar-refractivity contribution is 6.76. The maximum Gasteiger partial charge on any atom is 0.143 e. The van der Waals surface area contributed by atoms with Crippen LogP contribution in [0.3, 0.4) is 0 Å². The van der Waals surface area contributed by atoms with Crippen molar-refractivity contribution in [2.45, 2.75) is 5.92 Å². The van der Waals surface area contributed by atoms with E-state index >= 15 is 0 Å². The molecule has 0 saturated carbocycles. The predicted octanol–water partition coefficient (Wildman–Crippen LogP) is -26.9. The summed E-state index contributed by atoms with van der Waals surface area (Å²) in [5.74, 6) is -1.72. The number of hydrogen-bond donors (Lipinski definition) is 0. The van der Waals surface area contributed by atoms with E-state index < -0.39 is 27.8 Å². The number of rotatable bonds is 7. The van der Waals surface area contributed by atoms with Crippen molar-refractivity contribution in [2.24, 2.45) is 0 Å². The van der Waals surface area contributed by atoms with Gasteiger partial charge in [0.25, 0.3) is 0 Å². The van der Waals surface area contributed by atoms with Crippen LogP contribution in [0.2, 0.25) is 0 Å². The minimum Gasteiger partial charge on any atom is -0.457 e. The fraction of sp³-hybridized carbons (Fsp3) is 0.0182. The third-order valence-corrected chi connectivity index (χ3v) is 17.6. The Balaban J connectivity index is 1.26. The minimum atomic E-state index is -1.72. The van der Waals surface area contributed by atoms with Crippen LogP contribution in [0.4, 0.5) is 0 Å². The molecule has 92 heavy (non-hydrogen) atoms. The molecule has 2 aromatic heterocycles. The molecule has 0 N–H and O–H groups in total. The zero-order chi connectivity index (χ0) is 68.2. The van der Waals surface area contributed by atoms with Crippen molar-refractivity contribution in [1.29, 1.82) is 0 Å². The summed E-state index contributed by atoms with van der Waals surface area (Å²) < 4.78 is 13.3. The second kappa shape index (κ2) is 23.6. The van der Waals surface area contributed by atoms with Gasteiger partial charge in [0.1, 0.15) is 297 Å². The first-order chi connectivity index (χ1) is 42.8. The third-order valence-electron chi connectivity index (χ3n) is 17.6. The highest BCUT2D eigenvalue weighted by Gasteiger charge is 2.35. The van der Waals surface area contributed by atoms with Gasteiger partial charge < -0.3 is 8.83 Å². The van der Waals surface area contributed by atoms with E-state index in [1.54, 1.807) is 0 Å². The van der Waals surface area contributed by atoms with Crippen molar-refractivity contribution in [2.75, 3.05) is 0 Å². The van der Waals surface area contributed by atoms with Crippen LogP contribution < -0.4 is 191 Å². The minimum absolute atomic E-state index is 0.00186. The van der Waals surface area contributed by atoms with E-state index in [1.807, 2.05) is 0 Å². The zero-order valence-corrected chi connectivity index (χ0v) is 48.6. The lowest BCUT2D eigenvalue weighted by Crippen LogP contribution is -2.58. The summed E-state index contributed by atoms with van der Waals surface area (Å²) in [6.45, 7) is 0. The molecule has 0 aliphatic carbocycles. The van der Waals surface area contributed by atoms with Crippen LogP contribution in [-0.4, -0.2) is 275 Å². The van der Waals surface area contributed by atoms with Crippen molar-refractivity contribution in [3.8, 4) is 44.5 Å². The molecule has 0 spiro atoms. The van der Waals surface area contributed by atoms with Crippen LogP contribution >= 0.6 is 0 Å². The van der Waals surface area contributed by atoms with Gasteiger partial charge in [-0.2, -0.15) is 0 Å². The van der Waals surface area contributed by atoms with E-state index in [1.165, 1.54) is 0 Å². The molecule has 0 fully saturated rings. The normalized spacial score (nSPS) is 11.8. The number of fused-ring (bicyclic) bond motifs is 6. The topological polar surface area (TPSA) is 26.3 Å². The van der Waals surface area contributed by atoms with Gasteiger partial charge in [0.15, 0.2) is 0 Å². The number of hydrogen-bond acceptors (Lipinski definition) is 2. The molecule has 37 heteroatoms. The first-order valence-electron chi connectivity index (χ1n) is 26.8. The highest BCUT2D eigenvalue weighted by Crippen LogP contribution is 2.41. The molecule has 0 saturated heterocycles. The molecular weight excluding hydrogens is 1070 g/mol. The largest absolute Gasteiger partial charge is 0.457 e. The molecule has 11 rings (SSSR count). The molecule has 338 valence electrons. The summed E-state index contributed by atoms with van der Waals surface area (Å²) in [6.07, 6.45) is 0. The summed E-state index contributed by atoms with van der Waals surface area (Å²) in [4.78, 5) is 0. The maximum atomic E-state index is 7.30. The molecule has 2 heterocycles. The Labute approximate surface area is 581 Å². The van der Waals surface area contributed by atoms with Gasteiger partial charge in [-0.05, 0) is 49.9 Å². The fourth-order valence-electron chi connectivity index (χ4n) is 12.5. The Morgan fingerprint density at radius 1 is 0.130 bits per heavy atom. The van der Waals surface area contributed by atoms with Crippen LogP contribution in [0.5, 0.6) is 0 Å². The van der Waals surface area contributed by atoms with Crippen LogP contribution in [0.15, 0.2) is 8.83 Å². The van der Waals surface area contributed by atoms with Gasteiger partial charge in [-0.25, -0.2) is 0 Å². The van der Waals surface area contributed by atoms with Crippen LogP contribution in [0.1, 0.15) is 22.6 Å². The summed E-state index contributed by atoms with van der Waals surface area (Å²) >= 11 is 0. The Hall–Kier alpha value is -5.15. The lowest BCUT2D eigenvalue weighted by atomic mass is 9.51. The van der Waals surface area contributed by atoms with Gasteiger partial charge in [-0.15, -0.1) is 60.1 Å². The number of furan rings is 2. The first-order valence-corrected chi connectivity index (χ1v) is 26.8. The summed E-state index contributed by atoms with van der Waals surface area (Å²) in [5.41, 5.74) is -10.3. The lowest BCUT2D eigenvalue weighted by Gasteiger charge is -2.37. The Kier molecular flexibility index (Phi) is 17.5. The molecule has 70 radical (unpaired) electrons. The van der Waals surface area contributed by atoms with Crippen molar-refractivity contribution >= 4 is 510 Å². The monoisotopic (exact) mass is 1080 g/mol. The Morgan fingerprint density at radius 2 is 0.304 bits per heavy atom. The van der Waals surface area contributed by atoms with Crippen LogP contribution in [-0.2, 0) is 0 Å². The maximum absolute atomic E-state index is 7.30. The predicted molar refractivity (Wildman–Crippen MR) is 425 cm³/mol. The van der Waals surface area contributed by atoms with Gasteiger partial charge in [0.05, 0.1) is 0 Å². The average Bonchev–Trinajstić information content (AvgIpc) is 1.43. The molecule has 11 aromatic rings. The Morgan fingerprint density at radius 3 is 0.620 bits per heavy atom. The second-order valence-electron chi connectivity index (χ2n) is 22.2. The van der Waals surface area contributed by atoms with E-state index in [0.29, 0.717) is 0 Å². The van der Waals surface area contributed by atoms with Gasteiger partial charge in [0.2, 0.25) is 0 Å². The molecule has 0 unspecified atom stereocenters. The van der Waals surface area contributed by atoms with Gasteiger partial charge >= 0.3 is 0 Å². The van der Waals surface area contributed by atoms with E-state index in [9.17, 15) is 0 Å². The lowest BCUT2D eigenvalue weighted by molar-refractivity contribution is 0.669. The fourth-order valence-corrected chi connectivity index (χ4v) is 12.5. The van der Waals surface area contributed by atoms with Crippen molar-refractivity contribution < 1.29 is 8.83 Å². The Bertz CT molecular complexity index is 4980. The summed E-state index contributed by atoms with van der Waals surface area (Å²) in [5, 5.41) is 0.207. The molecule has 0 bridgehead atoms. The zero-order valence-electron chi connectivity index (χ0n) is 48.6. The SMILES string of the molecule is [B]c1c([B])c([B])c(-c2c([B])c([B])c(C(c3c([B])c([B])c(-c4c([B])c([B])c([B])c([B])c4[B])c([B])c3[B])c3c([B])c([B])c(-c4c([B])c([B])c5c(oc6c(-c7c([B])c([B])c([B])c([B])c7[B])c7c(oc8c([B])c([B])c([B])c([B])c87)c([B])c65)c4[B])c([B])c3[B])c([B])c2[B])c([B])c1[B]. The summed E-state index contributed by atoms with van der Waals surface area (Å²) in [6, 6.07) is 0. The van der Waals surface area contributed by atoms with E-state index in [0.717, 1.165) is 0 Å². The number of benzene rings is 9. The van der Waals surface area contributed by atoms with Gasteiger partial charge in [-0.3, -0.25) is 0 Å².